The SMILES string of the molecule is COC(Cc1ccc(CC(=O)O)cc1)OC. The molecule has 0 spiro atoms. The lowest BCUT2D eigenvalue weighted by Gasteiger charge is -2.13. The van der Waals surface area contributed by atoms with Crippen molar-refractivity contribution in [1.82, 2.24) is 0 Å². The van der Waals surface area contributed by atoms with Gasteiger partial charge in [-0.15, -0.1) is 0 Å². The maximum absolute atomic E-state index is 10.5. The van der Waals surface area contributed by atoms with Crippen LogP contribution in [0, 0.1) is 0 Å². The monoisotopic (exact) mass is 224 g/mol. The van der Waals surface area contributed by atoms with Crippen LogP contribution >= 0.6 is 0 Å². The Morgan fingerprint density at radius 3 is 2.12 bits per heavy atom. The van der Waals surface area contributed by atoms with Gasteiger partial charge in [-0.1, -0.05) is 24.3 Å². The van der Waals surface area contributed by atoms with E-state index in [9.17, 15) is 4.79 Å². The minimum absolute atomic E-state index is 0.0538. The third-order valence-corrected chi connectivity index (χ3v) is 2.31. The zero-order chi connectivity index (χ0) is 12.0. The van der Waals surface area contributed by atoms with Crippen LogP contribution in [0.3, 0.4) is 0 Å². The van der Waals surface area contributed by atoms with E-state index in [0.717, 1.165) is 11.1 Å². The molecule has 0 aliphatic carbocycles. The fourth-order valence-corrected chi connectivity index (χ4v) is 1.42. The van der Waals surface area contributed by atoms with E-state index < -0.39 is 5.97 Å². The van der Waals surface area contributed by atoms with Gasteiger partial charge in [-0.3, -0.25) is 4.79 Å². The quantitative estimate of drug-likeness (QED) is 0.743. The highest BCUT2D eigenvalue weighted by molar-refractivity contribution is 5.70. The summed E-state index contributed by atoms with van der Waals surface area (Å²) in [5, 5.41) is 8.62. The number of carbonyl (C=O) groups is 1. The average molecular weight is 224 g/mol. The molecule has 4 heteroatoms. The fraction of sp³-hybridized carbons (Fsp3) is 0.417. The number of carboxylic acids is 1. The number of rotatable bonds is 6. The van der Waals surface area contributed by atoms with E-state index in [4.69, 9.17) is 14.6 Å². The van der Waals surface area contributed by atoms with Gasteiger partial charge >= 0.3 is 5.97 Å². The first kappa shape index (κ1) is 12.7. The Morgan fingerprint density at radius 2 is 1.69 bits per heavy atom. The van der Waals surface area contributed by atoms with Crippen LogP contribution in [-0.2, 0) is 27.1 Å². The van der Waals surface area contributed by atoms with Crippen LogP contribution in [0.4, 0.5) is 0 Å². The summed E-state index contributed by atoms with van der Waals surface area (Å²) >= 11 is 0. The van der Waals surface area contributed by atoms with Crippen LogP contribution in [0.5, 0.6) is 0 Å². The highest BCUT2D eigenvalue weighted by atomic mass is 16.7. The Bertz CT molecular complexity index is 327. The smallest absolute Gasteiger partial charge is 0.307 e. The number of ether oxygens (including phenoxy) is 2. The molecule has 1 rings (SSSR count). The molecule has 16 heavy (non-hydrogen) atoms. The number of aliphatic carboxylic acids is 1. The molecular formula is C12H16O4. The van der Waals surface area contributed by atoms with Crippen molar-refractivity contribution in [2.45, 2.75) is 19.1 Å². The number of hydrogen-bond donors (Lipinski definition) is 1. The summed E-state index contributed by atoms with van der Waals surface area (Å²) < 4.78 is 10.2. The molecule has 0 saturated carbocycles. The molecule has 0 bridgehead atoms. The van der Waals surface area contributed by atoms with E-state index in [1.54, 1.807) is 14.2 Å². The van der Waals surface area contributed by atoms with Crippen LogP contribution in [0.15, 0.2) is 24.3 Å². The summed E-state index contributed by atoms with van der Waals surface area (Å²) in [7, 11) is 3.18. The molecule has 88 valence electrons. The van der Waals surface area contributed by atoms with Gasteiger partial charge < -0.3 is 14.6 Å². The third kappa shape index (κ3) is 4.00. The number of methoxy groups -OCH3 is 2. The van der Waals surface area contributed by atoms with Crippen LogP contribution < -0.4 is 0 Å². The standard InChI is InChI=1S/C12H16O4/c1-15-12(16-2)8-10-5-3-9(4-6-10)7-11(13)14/h3-6,12H,7-8H2,1-2H3,(H,13,14). The van der Waals surface area contributed by atoms with Crippen molar-refractivity contribution in [3.8, 4) is 0 Å². The lowest BCUT2D eigenvalue weighted by molar-refractivity contribution is -0.136. The number of benzene rings is 1. The zero-order valence-corrected chi connectivity index (χ0v) is 9.47. The van der Waals surface area contributed by atoms with E-state index in [0.29, 0.717) is 6.42 Å². The zero-order valence-electron chi connectivity index (χ0n) is 9.47. The Hall–Kier alpha value is -1.39. The third-order valence-electron chi connectivity index (χ3n) is 2.31. The summed E-state index contributed by atoms with van der Waals surface area (Å²) in [5.41, 5.74) is 1.85. The first-order valence-electron chi connectivity index (χ1n) is 5.01. The van der Waals surface area contributed by atoms with Gasteiger partial charge in [0.1, 0.15) is 0 Å². The highest BCUT2D eigenvalue weighted by Gasteiger charge is 2.06. The maximum Gasteiger partial charge on any atom is 0.307 e. The molecule has 0 aromatic heterocycles. The predicted octanol–water partition coefficient (Wildman–Crippen LogP) is 1.48. The maximum atomic E-state index is 10.5. The molecule has 0 atom stereocenters. The van der Waals surface area contributed by atoms with Crippen LogP contribution in [-0.4, -0.2) is 31.6 Å². The first-order chi connectivity index (χ1) is 7.65. The van der Waals surface area contributed by atoms with Gasteiger partial charge in [0.15, 0.2) is 6.29 Å². The minimum Gasteiger partial charge on any atom is -0.481 e. The lowest BCUT2D eigenvalue weighted by atomic mass is 10.1. The largest absolute Gasteiger partial charge is 0.481 e. The van der Waals surface area contributed by atoms with Crippen molar-refractivity contribution in [2.24, 2.45) is 0 Å². The molecule has 0 aliphatic heterocycles. The van der Waals surface area contributed by atoms with E-state index in [1.165, 1.54) is 0 Å². The summed E-state index contributed by atoms with van der Waals surface area (Å²) in [6.45, 7) is 0. The summed E-state index contributed by atoms with van der Waals surface area (Å²) in [6.07, 6.45) is 0.448. The second-order valence-corrected chi connectivity index (χ2v) is 3.49. The summed E-state index contributed by atoms with van der Waals surface area (Å²) in [6, 6.07) is 7.41. The second-order valence-electron chi connectivity index (χ2n) is 3.49. The van der Waals surface area contributed by atoms with Gasteiger partial charge in [-0.05, 0) is 11.1 Å². The molecule has 1 aromatic rings. The minimum atomic E-state index is -0.820. The predicted molar refractivity (Wildman–Crippen MR) is 59.3 cm³/mol. The molecule has 0 aliphatic rings. The van der Waals surface area contributed by atoms with Crippen LogP contribution in [0.25, 0.3) is 0 Å². The summed E-state index contributed by atoms with van der Waals surface area (Å²) in [4.78, 5) is 10.5. The Morgan fingerprint density at radius 1 is 1.19 bits per heavy atom. The van der Waals surface area contributed by atoms with Crippen molar-refractivity contribution in [1.29, 1.82) is 0 Å². The van der Waals surface area contributed by atoms with Crippen molar-refractivity contribution < 1.29 is 19.4 Å². The fourth-order valence-electron chi connectivity index (χ4n) is 1.42. The van der Waals surface area contributed by atoms with Gasteiger partial charge in [0.25, 0.3) is 0 Å². The molecule has 0 unspecified atom stereocenters. The topological polar surface area (TPSA) is 55.8 Å². The van der Waals surface area contributed by atoms with Crippen molar-refractivity contribution in [3.63, 3.8) is 0 Å². The Balaban J connectivity index is 2.60. The number of carboxylic acid groups (broad SMARTS) is 1. The Kier molecular flexibility index (Phi) is 4.95. The lowest BCUT2D eigenvalue weighted by Crippen LogP contribution is -2.16. The molecule has 0 heterocycles. The second kappa shape index (κ2) is 6.25. The van der Waals surface area contributed by atoms with Crippen molar-refractivity contribution in [2.75, 3.05) is 14.2 Å². The molecular weight excluding hydrogens is 208 g/mol. The van der Waals surface area contributed by atoms with E-state index in [-0.39, 0.29) is 12.7 Å². The summed E-state index contributed by atoms with van der Waals surface area (Å²) in [5.74, 6) is -0.820. The Labute approximate surface area is 94.8 Å². The van der Waals surface area contributed by atoms with Gasteiger partial charge in [0, 0.05) is 20.6 Å². The molecule has 4 nitrogen and oxygen atoms in total. The van der Waals surface area contributed by atoms with E-state index in [2.05, 4.69) is 0 Å². The first-order valence-corrected chi connectivity index (χ1v) is 5.01. The van der Waals surface area contributed by atoms with Crippen molar-refractivity contribution >= 4 is 5.97 Å². The molecule has 0 saturated heterocycles. The van der Waals surface area contributed by atoms with Crippen LogP contribution in [0.2, 0.25) is 0 Å². The highest BCUT2D eigenvalue weighted by Crippen LogP contribution is 2.09. The molecule has 1 N–H and O–H groups in total. The van der Waals surface area contributed by atoms with Crippen LogP contribution in [0.1, 0.15) is 11.1 Å². The van der Waals surface area contributed by atoms with Gasteiger partial charge in [0.2, 0.25) is 0 Å². The normalized spacial score (nSPS) is 10.7. The number of hydrogen-bond acceptors (Lipinski definition) is 3. The van der Waals surface area contributed by atoms with E-state index in [1.807, 2.05) is 24.3 Å². The molecule has 0 radical (unpaired) electrons. The van der Waals surface area contributed by atoms with Gasteiger partial charge in [-0.25, -0.2) is 0 Å². The molecule has 1 aromatic carbocycles. The molecule has 0 amide bonds. The van der Waals surface area contributed by atoms with Crippen molar-refractivity contribution in [3.05, 3.63) is 35.4 Å². The molecule has 0 fully saturated rings. The van der Waals surface area contributed by atoms with Gasteiger partial charge in [0.05, 0.1) is 6.42 Å². The van der Waals surface area contributed by atoms with Gasteiger partial charge in [-0.2, -0.15) is 0 Å². The van der Waals surface area contributed by atoms with E-state index >= 15 is 0 Å². The average Bonchev–Trinajstić information content (AvgIpc) is 2.27.